The molecule has 0 aromatic heterocycles. The molecule has 3 heteroatoms. The van der Waals surface area contributed by atoms with Gasteiger partial charge >= 0.3 is 0 Å². The van der Waals surface area contributed by atoms with E-state index in [-0.39, 0.29) is 11.2 Å². The van der Waals surface area contributed by atoms with Crippen molar-refractivity contribution in [3.63, 3.8) is 0 Å². The summed E-state index contributed by atoms with van der Waals surface area (Å²) < 4.78 is 16.6. The van der Waals surface area contributed by atoms with Crippen LogP contribution < -0.4 is 0 Å². The Hall–Kier alpha value is -0.120. The van der Waals surface area contributed by atoms with Crippen molar-refractivity contribution in [1.29, 1.82) is 0 Å². The van der Waals surface area contributed by atoms with Crippen LogP contribution in [0.1, 0.15) is 40.5 Å². The Balaban J connectivity index is 1.64. The van der Waals surface area contributed by atoms with Gasteiger partial charge in [-0.05, 0) is 40.5 Å². The maximum Gasteiger partial charge on any atom is 0.110 e. The lowest BCUT2D eigenvalue weighted by Gasteiger charge is -2.05. The smallest absolute Gasteiger partial charge is 0.110 e. The molecule has 2 fully saturated rings. The normalized spacial score (nSPS) is 41.6. The lowest BCUT2D eigenvalue weighted by atomic mass is 9.97. The zero-order valence-electron chi connectivity index (χ0n) is 10.2. The van der Waals surface area contributed by atoms with Gasteiger partial charge in [-0.2, -0.15) is 0 Å². The molecule has 0 N–H and O–H groups in total. The summed E-state index contributed by atoms with van der Waals surface area (Å²) in [6.07, 6.45) is 2.93. The van der Waals surface area contributed by atoms with Gasteiger partial charge in [-0.25, -0.2) is 0 Å². The first-order valence-corrected chi connectivity index (χ1v) is 5.91. The largest absolute Gasteiger partial charge is 0.379 e. The quantitative estimate of drug-likeness (QED) is 0.635. The van der Waals surface area contributed by atoms with Gasteiger partial charge in [-0.1, -0.05) is 0 Å². The topological polar surface area (TPSA) is 34.3 Å². The van der Waals surface area contributed by atoms with Crippen LogP contribution in [-0.2, 0) is 14.2 Å². The second-order valence-corrected chi connectivity index (χ2v) is 5.33. The summed E-state index contributed by atoms with van der Waals surface area (Å²) in [6.45, 7) is 9.99. The molecule has 0 bridgehead atoms. The Labute approximate surface area is 92.1 Å². The fourth-order valence-electron chi connectivity index (χ4n) is 2.10. The summed E-state index contributed by atoms with van der Waals surface area (Å²) >= 11 is 0. The molecule has 0 radical (unpaired) electrons. The molecule has 0 spiro atoms. The Morgan fingerprint density at radius 1 is 1.13 bits per heavy atom. The molecule has 2 heterocycles. The predicted octanol–water partition coefficient (Wildman–Crippen LogP) is 2.14. The number of hydrogen-bond donors (Lipinski definition) is 0. The standard InChI is InChI=1S/C12H22O3/c1-5-13-8-10-12(4,15-10)7-6-9-11(2,3)14-9/h9-10H,5-8H2,1-4H3. The Morgan fingerprint density at radius 3 is 2.33 bits per heavy atom. The third kappa shape index (κ3) is 2.52. The van der Waals surface area contributed by atoms with E-state index in [9.17, 15) is 0 Å². The average Bonchev–Trinajstić information content (AvgIpc) is 2.98. The van der Waals surface area contributed by atoms with E-state index in [2.05, 4.69) is 20.8 Å². The van der Waals surface area contributed by atoms with Crippen molar-refractivity contribution in [3.05, 3.63) is 0 Å². The number of ether oxygens (including phenoxy) is 3. The van der Waals surface area contributed by atoms with Crippen molar-refractivity contribution in [2.45, 2.75) is 63.9 Å². The minimum absolute atomic E-state index is 0.0528. The van der Waals surface area contributed by atoms with Gasteiger partial charge < -0.3 is 14.2 Å². The molecule has 0 amide bonds. The number of epoxide rings is 2. The van der Waals surface area contributed by atoms with Crippen LogP contribution in [0.15, 0.2) is 0 Å². The van der Waals surface area contributed by atoms with E-state index in [1.807, 2.05) is 6.92 Å². The molecule has 3 unspecified atom stereocenters. The minimum atomic E-state index is 0.0528. The van der Waals surface area contributed by atoms with Crippen LogP contribution in [0.4, 0.5) is 0 Å². The summed E-state index contributed by atoms with van der Waals surface area (Å²) in [7, 11) is 0. The Kier molecular flexibility index (Phi) is 2.82. The molecule has 2 aliphatic rings. The molecular weight excluding hydrogens is 192 g/mol. The molecular formula is C12H22O3. The average molecular weight is 214 g/mol. The van der Waals surface area contributed by atoms with E-state index in [1.165, 1.54) is 0 Å². The first-order chi connectivity index (χ1) is 6.98. The monoisotopic (exact) mass is 214 g/mol. The van der Waals surface area contributed by atoms with Crippen LogP contribution >= 0.6 is 0 Å². The van der Waals surface area contributed by atoms with Crippen molar-refractivity contribution < 1.29 is 14.2 Å². The van der Waals surface area contributed by atoms with Crippen LogP contribution in [0, 0.1) is 0 Å². The van der Waals surface area contributed by atoms with E-state index in [0.29, 0.717) is 12.2 Å². The molecule has 88 valence electrons. The highest BCUT2D eigenvalue weighted by atomic mass is 16.6. The molecule has 0 saturated carbocycles. The molecule has 3 nitrogen and oxygen atoms in total. The first kappa shape index (κ1) is 11.4. The fourth-order valence-corrected chi connectivity index (χ4v) is 2.10. The van der Waals surface area contributed by atoms with Gasteiger partial charge in [0.2, 0.25) is 0 Å². The van der Waals surface area contributed by atoms with Crippen LogP contribution in [0.3, 0.4) is 0 Å². The molecule has 15 heavy (non-hydrogen) atoms. The zero-order chi connectivity index (χ0) is 11.1. The summed E-state index contributed by atoms with van der Waals surface area (Å²) in [6, 6.07) is 0. The van der Waals surface area contributed by atoms with Gasteiger partial charge in [0.05, 0.1) is 23.9 Å². The third-order valence-corrected chi connectivity index (χ3v) is 3.58. The maximum atomic E-state index is 5.67. The molecule has 0 aliphatic carbocycles. The highest BCUT2D eigenvalue weighted by Gasteiger charge is 2.55. The zero-order valence-corrected chi connectivity index (χ0v) is 10.2. The molecule has 3 atom stereocenters. The van der Waals surface area contributed by atoms with Crippen LogP contribution in [0.5, 0.6) is 0 Å². The van der Waals surface area contributed by atoms with E-state index >= 15 is 0 Å². The SMILES string of the molecule is CCOCC1OC1(C)CCC1OC1(C)C. The minimum Gasteiger partial charge on any atom is -0.379 e. The van der Waals surface area contributed by atoms with E-state index in [1.54, 1.807) is 0 Å². The fraction of sp³-hybridized carbons (Fsp3) is 1.00. The van der Waals surface area contributed by atoms with Gasteiger partial charge in [0.25, 0.3) is 0 Å². The van der Waals surface area contributed by atoms with Gasteiger partial charge in [0, 0.05) is 6.61 Å². The van der Waals surface area contributed by atoms with Crippen LogP contribution in [0.25, 0.3) is 0 Å². The van der Waals surface area contributed by atoms with Gasteiger partial charge in [-0.15, -0.1) is 0 Å². The lowest BCUT2D eigenvalue weighted by molar-refractivity contribution is 0.128. The Bertz CT molecular complexity index is 239. The van der Waals surface area contributed by atoms with E-state index < -0.39 is 0 Å². The highest BCUT2D eigenvalue weighted by molar-refractivity contribution is 5.02. The predicted molar refractivity (Wildman–Crippen MR) is 58.0 cm³/mol. The van der Waals surface area contributed by atoms with Crippen LogP contribution in [0.2, 0.25) is 0 Å². The summed E-state index contributed by atoms with van der Waals surface area (Å²) in [5.41, 5.74) is 0.165. The van der Waals surface area contributed by atoms with E-state index in [0.717, 1.165) is 26.1 Å². The van der Waals surface area contributed by atoms with Gasteiger partial charge in [-0.3, -0.25) is 0 Å². The first-order valence-electron chi connectivity index (χ1n) is 5.91. The summed E-state index contributed by atoms with van der Waals surface area (Å²) in [4.78, 5) is 0. The van der Waals surface area contributed by atoms with Crippen molar-refractivity contribution in [3.8, 4) is 0 Å². The van der Waals surface area contributed by atoms with Crippen molar-refractivity contribution in [2.75, 3.05) is 13.2 Å². The van der Waals surface area contributed by atoms with E-state index in [4.69, 9.17) is 14.2 Å². The molecule has 0 aromatic rings. The summed E-state index contributed by atoms with van der Waals surface area (Å²) in [5, 5.41) is 0. The Morgan fingerprint density at radius 2 is 1.80 bits per heavy atom. The third-order valence-electron chi connectivity index (χ3n) is 3.58. The second kappa shape index (κ2) is 3.72. The molecule has 2 saturated heterocycles. The lowest BCUT2D eigenvalue weighted by Crippen LogP contribution is -2.16. The van der Waals surface area contributed by atoms with Gasteiger partial charge in [0.15, 0.2) is 0 Å². The van der Waals surface area contributed by atoms with Crippen molar-refractivity contribution in [1.82, 2.24) is 0 Å². The molecule has 0 aromatic carbocycles. The maximum absolute atomic E-state index is 5.67. The molecule has 2 aliphatic heterocycles. The summed E-state index contributed by atoms with van der Waals surface area (Å²) in [5.74, 6) is 0. The molecule has 2 rings (SSSR count). The van der Waals surface area contributed by atoms with Crippen molar-refractivity contribution in [2.24, 2.45) is 0 Å². The highest BCUT2D eigenvalue weighted by Crippen LogP contribution is 2.45. The number of rotatable bonds is 6. The van der Waals surface area contributed by atoms with Crippen molar-refractivity contribution >= 4 is 0 Å². The van der Waals surface area contributed by atoms with Crippen LogP contribution in [-0.4, -0.2) is 36.6 Å². The number of hydrogen-bond acceptors (Lipinski definition) is 3. The second-order valence-electron chi connectivity index (χ2n) is 5.33. The van der Waals surface area contributed by atoms with Gasteiger partial charge in [0.1, 0.15) is 6.10 Å².